The summed E-state index contributed by atoms with van der Waals surface area (Å²) in [6.45, 7) is 4.43. The molecule has 0 aromatic heterocycles. The van der Waals surface area contributed by atoms with Gasteiger partial charge in [0.1, 0.15) is 5.75 Å². The van der Waals surface area contributed by atoms with Gasteiger partial charge in [0.2, 0.25) is 0 Å². The summed E-state index contributed by atoms with van der Waals surface area (Å²) >= 11 is 0. The van der Waals surface area contributed by atoms with Crippen molar-refractivity contribution in [1.29, 1.82) is 0 Å². The predicted molar refractivity (Wildman–Crippen MR) is 87.9 cm³/mol. The number of allylic oxidation sites excluding steroid dienone is 1. The molecule has 0 aliphatic rings. The normalized spacial score (nSPS) is 10.6. The van der Waals surface area contributed by atoms with Crippen LogP contribution in [0.25, 0.3) is 10.8 Å². The average molecular weight is 284 g/mol. The number of unbranched alkanes of at least 4 members (excludes halogenated alkanes) is 3. The Morgan fingerprint density at radius 2 is 1.76 bits per heavy atom. The van der Waals surface area contributed by atoms with Crippen LogP contribution in [-0.2, 0) is 0 Å². The Kier molecular flexibility index (Phi) is 5.84. The van der Waals surface area contributed by atoms with Crippen molar-refractivity contribution in [3.8, 4) is 5.75 Å². The van der Waals surface area contributed by atoms with Crippen LogP contribution < -0.4 is 10.2 Å². The van der Waals surface area contributed by atoms with E-state index in [2.05, 4.69) is 6.58 Å². The van der Waals surface area contributed by atoms with Crippen LogP contribution in [-0.4, -0.2) is 23.8 Å². The molecule has 21 heavy (non-hydrogen) atoms. The van der Waals surface area contributed by atoms with Gasteiger partial charge in [-0.05, 0) is 54.1 Å². The average Bonchev–Trinajstić information content (AvgIpc) is 2.50. The fraction of sp³-hybridized carbons (Fsp3) is 0.294. The van der Waals surface area contributed by atoms with E-state index in [4.69, 9.17) is 14.8 Å². The Morgan fingerprint density at radius 3 is 2.52 bits per heavy atom. The van der Waals surface area contributed by atoms with Crippen molar-refractivity contribution in [2.75, 3.05) is 6.61 Å². The summed E-state index contributed by atoms with van der Waals surface area (Å²) in [6.07, 6.45) is 6.37. The largest absolute Gasteiger partial charge is 0.494 e. The van der Waals surface area contributed by atoms with Crippen LogP contribution in [0.5, 0.6) is 5.75 Å². The van der Waals surface area contributed by atoms with Crippen LogP contribution in [0, 0.1) is 0 Å². The minimum Gasteiger partial charge on any atom is -0.494 e. The van der Waals surface area contributed by atoms with Gasteiger partial charge in [-0.15, -0.1) is 6.58 Å². The second kappa shape index (κ2) is 7.86. The van der Waals surface area contributed by atoms with Gasteiger partial charge in [-0.2, -0.15) is 0 Å². The van der Waals surface area contributed by atoms with E-state index < -0.39 is 7.12 Å². The third-order valence-electron chi connectivity index (χ3n) is 3.46. The standard InChI is InChI=1S/C17H21BO3/c1-2-3-4-5-6-11-21-17-10-8-14-12-16(18(19)20)9-7-15(14)13-17/h2,7-10,12-13,19-20H,1,3-6,11H2. The Bertz CT molecular complexity index is 596. The fourth-order valence-electron chi connectivity index (χ4n) is 2.25. The molecule has 0 unspecified atom stereocenters. The molecule has 4 heteroatoms. The molecular weight excluding hydrogens is 263 g/mol. The molecule has 0 amide bonds. The first-order chi connectivity index (χ1) is 10.2. The lowest BCUT2D eigenvalue weighted by Gasteiger charge is -2.08. The van der Waals surface area contributed by atoms with Gasteiger partial charge >= 0.3 is 7.12 Å². The summed E-state index contributed by atoms with van der Waals surface area (Å²) in [5.74, 6) is 0.850. The van der Waals surface area contributed by atoms with Crippen LogP contribution in [0.2, 0.25) is 0 Å². The van der Waals surface area contributed by atoms with Crippen LogP contribution in [0.15, 0.2) is 49.1 Å². The lowest BCUT2D eigenvalue weighted by molar-refractivity contribution is 0.306. The zero-order valence-electron chi connectivity index (χ0n) is 12.2. The van der Waals surface area contributed by atoms with E-state index in [0.717, 1.165) is 48.8 Å². The minimum atomic E-state index is -1.43. The summed E-state index contributed by atoms with van der Waals surface area (Å²) in [5, 5.41) is 20.3. The fourth-order valence-corrected chi connectivity index (χ4v) is 2.25. The Balaban J connectivity index is 1.93. The molecule has 2 aromatic rings. The van der Waals surface area contributed by atoms with Crippen molar-refractivity contribution in [1.82, 2.24) is 0 Å². The number of rotatable bonds is 8. The lowest BCUT2D eigenvalue weighted by Crippen LogP contribution is -2.29. The molecule has 2 rings (SSSR count). The molecule has 110 valence electrons. The smallest absolute Gasteiger partial charge is 0.488 e. The molecule has 0 saturated heterocycles. The summed E-state index contributed by atoms with van der Waals surface area (Å²) < 4.78 is 5.75. The van der Waals surface area contributed by atoms with Gasteiger partial charge in [0.15, 0.2) is 0 Å². The molecule has 2 N–H and O–H groups in total. The van der Waals surface area contributed by atoms with E-state index >= 15 is 0 Å². The van der Waals surface area contributed by atoms with E-state index in [-0.39, 0.29) is 0 Å². The monoisotopic (exact) mass is 284 g/mol. The maximum absolute atomic E-state index is 9.17. The zero-order valence-corrected chi connectivity index (χ0v) is 12.2. The molecule has 3 nitrogen and oxygen atoms in total. The van der Waals surface area contributed by atoms with E-state index in [0.29, 0.717) is 5.46 Å². The highest BCUT2D eigenvalue weighted by Crippen LogP contribution is 2.20. The number of benzene rings is 2. The number of ether oxygens (including phenoxy) is 1. The number of hydrogen-bond donors (Lipinski definition) is 2. The first-order valence-electron chi connectivity index (χ1n) is 7.34. The highest BCUT2D eigenvalue weighted by Gasteiger charge is 2.10. The molecule has 0 heterocycles. The van der Waals surface area contributed by atoms with Gasteiger partial charge in [-0.25, -0.2) is 0 Å². The second-order valence-corrected chi connectivity index (χ2v) is 5.13. The molecule has 0 bridgehead atoms. The third kappa shape index (κ3) is 4.62. The minimum absolute atomic E-state index is 0.499. The van der Waals surface area contributed by atoms with Gasteiger partial charge in [-0.3, -0.25) is 0 Å². The SMILES string of the molecule is C=CCCCCCOc1ccc2cc(B(O)O)ccc2c1. The molecule has 0 atom stereocenters. The quantitative estimate of drug-likeness (QED) is 0.445. The summed E-state index contributed by atoms with van der Waals surface area (Å²) in [6, 6.07) is 11.2. The van der Waals surface area contributed by atoms with Gasteiger partial charge in [0, 0.05) is 0 Å². The summed E-state index contributed by atoms with van der Waals surface area (Å²) in [5.41, 5.74) is 0.499. The van der Waals surface area contributed by atoms with Crippen molar-refractivity contribution >= 4 is 23.4 Å². The number of fused-ring (bicyclic) bond motifs is 1. The molecular formula is C17H21BO3. The molecule has 0 saturated carbocycles. The zero-order chi connectivity index (χ0) is 15.1. The highest BCUT2D eigenvalue weighted by molar-refractivity contribution is 6.58. The van der Waals surface area contributed by atoms with E-state index in [9.17, 15) is 0 Å². The van der Waals surface area contributed by atoms with E-state index in [1.807, 2.05) is 30.3 Å². The Morgan fingerprint density at radius 1 is 1.00 bits per heavy atom. The molecule has 0 spiro atoms. The molecule has 2 aromatic carbocycles. The lowest BCUT2D eigenvalue weighted by atomic mass is 9.79. The highest BCUT2D eigenvalue weighted by atomic mass is 16.5. The second-order valence-electron chi connectivity index (χ2n) is 5.13. The summed E-state index contributed by atoms with van der Waals surface area (Å²) in [7, 11) is -1.43. The molecule has 0 aliphatic heterocycles. The number of hydrogen-bond acceptors (Lipinski definition) is 3. The Hall–Kier alpha value is -1.78. The van der Waals surface area contributed by atoms with Crippen LogP contribution in [0.4, 0.5) is 0 Å². The van der Waals surface area contributed by atoms with Crippen LogP contribution in [0.1, 0.15) is 25.7 Å². The molecule has 0 fully saturated rings. The van der Waals surface area contributed by atoms with Crippen molar-refractivity contribution in [3.63, 3.8) is 0 Å². The Labute approximate surface area is 126 Å². The van der Waals surface area contributed by atoms with Crippen molar-refractivity contribution in [3.05, 3.63) is 49.1 Å². The van der Waals surface area contributed by atoms with Gasteiger partial charge in [0.25, 0.3) is 0 Å². The van der Waals surface area contributed by atoms with Crippen LogP contribution in [0.3, 0.4) is 0 Å². The van der Waals surface area contributed by atoms with Gasteiger partial charge in [0.05, 0.1) is 6.61 Å². The predicted octanol–water partition coefficient (Wildman–Crippen LogP) is 2.64. The molecule has 0 radical (unpaired) electrons. The van der Waals surface area contributed by atoms with Crippen molar-refractivity contribution in [2.45, 2.75) is 25.7 Å². The first kappa shape index (κ1) is 15.6. The van der Waals surface area contributed by atoms with Crippen molar-refractivity contribution < 1.29 is 14.8 Å². The van der Waals surface area contributed by atoms with E-state index in [1.54, 1.807) is 12.1 Å². The first-order valence-corrected chi connectivity index (χ1v) is 7.34. The molecule has 0 aliphatic carbocycles. The van der Waals surface area contributed by atoms with Gasteiger partial charge < -0.3 is 14.8 Å². The van der Waals surface area contributed by atoms with Crippen LogP contribution >= 0.6 is 0 Å². The van der Waals surface area contributed by atoms with E-state index in [1.165, 1.54) is 0 Å². The topological polar surface area (TPSA) is 49.7 Å². The maximum atomic E-state index is 9.17. The third-order valence-corrected chi connectivity index (χ3v) is 3.46. The van der Waals surface area contributed by atoms with Crippen molar-refractivity contribution in [2.24, 2.45) is 0 Å². The van der Waals surface area contributed by atoms with Gasteiger partial charge in [-0.1, -0.05) is 30.3 Å². The summed E-state index contributed by atoms with van der Waals surface area (Å²) in [4.78, 5) is 0. The maximum Gasteiger partial charge on any atom is 0.488 e.